The summed E-state index contributed by atoms with van der Waals surface area (Å²) in [6, 6.07) is 0. The molecule has 0 bridgehead atoms. The van der Waals surface area contributed by atoms with E-state index in [1.807, 2.05) is 20.5 Å². The molecule has 1 aliphatic rings. The van der Waals surface area contributed by atoms with E-state index in [-0.39, 0.29) is 0 Å². The van der Waals surface area contributed by atoms with Crippen LogP contribution in [-0.4, -0.2) is 19.8 Å². The second-order valence-corrected chi connectivity index (χ2v) is 1.81. The van der Waals surface area contributed by atoms with Crippen LogP contribution in [0.1, 0.15) is 33.1 Å². The Kier molecular flexibility index (Phi) is 21.1. The number of nitrogens with one attached hydrogen (secondary N) is 1. The zero-order valence-electron chi connectivity index (χ0n) is 7.61. The van der Waals surface area contributed by atoms with Crippen LogP contribution >= 0.6 is 9.24 Å². The van der Waals surface area contributed by atoms with Crippen molar-refractivity contribution in [3.8, 4) is 0 Å². The maximum Gasteiger partial charge on any atom is -0.00489 e. The Morgan fingerprint density at radius 1 is 0.900 bits per heavy atom. The highest BCUT2D eigenvalue weighted by atomic mass is 31.0. The summed E-state index contributed by atoms with van der Waals surface area (Å²) in [6.07, 6.45) is 4.22. The molecule has 0 radical (unpaired) electrons. The summed E-state index contributed by atoms with van der Waals surface area (Å²) in [5.74, 6) is 0. The Hall–Kier alpha value is 0.390. The number of piperidine rings is 1. The predicted octanol–water partition coefficient (Wildman–Crippen LogP) is 2.28. The van der Waals surface area contributed by atoms with E-state index in [1.54, 1.807) is 0 Å². The molecule has 0 spiro atoms. The minimum Gasteiger partial charge on any atom is -0.317 e. The van der Waals surface area contributed by atoms with Gasteiger partial charge in [0.15, 0.2) is 0 Å². The lowest BCUT2D eigenvalue weighted by molar-refractivity contribution is 0.520. The molecule has 1 aliphatic heterocycles. The van der Waals surface area contributed by atoms with Crippen LogP contribution in [0.4, 0.5) is 0 Å². The monoisotopic (exact) mass is 163 g/mol. The van der Waals surface area contributed by atoms with E-state index in [0.717, 1.165) is 0 Å². The molecule has 1 heterocycles. The average molecular weight is 163 g/mol. The predicted molar refractivity (Wildman–Crippen MR) is 53.7 cm³/mol. The summed E-state index contributed by atoms with van der Waals surface area (Å²) < 4.78 is 0. The van der Waals surface area contributed by atoms with Gasteiger partial charge in [0.25, 0.3) is 0 Å². The van der Waals surface area contributed by atoms with Crippen LogP contribution in [0.3, 0.4) is 0 Å². The standard InChI is InChI=1S/C5H11N.C2H6.CH5P/c1-2-4-6-5-3-1;2*1-2/h6H,1-5H2;1-2H3;2H2,1H3. The molecule has 2 heteroatoms. The first kappa shape index (κ1) is 13.0. The maximum absolute atomic E-state index is 3.28. The lowest BCUT2D eigenvalue weighted by Gasteiger charge is -2.08. The topological polar surface area (TPSA) is 12.0 Å². The molecule has 0 aliphatic carbocycles. The van der Waals surface area contributed by atoms with Crippen LogP contribution in [0.5, 0.6) is 0 Å². The largest absolute Gasteiger partial charge is 0.317 e. The second-order valence-electron chi connectivity index (χ2n) is 1.81. The molecule has 64 valence electrons. The van der Waals surface area contributed by atoms with E-state index in [0.29, 0.717) is 0 Å². The summed E-state index contributed by atoms with van der Waals surface area (Å²) >= 11 is 0. The van der Waals surface area contributed by atoms with Gasteiger partial charge in [-0.2, -0.15) is 0 Å². The Morgan fingerprint density at radius 3 is 1.40 bits per heavy atom. The quantitative estimate of drug-likeness (QED) is 0.540. The highest BCUT2D eigenvalue weighted by Gasteiger charge is 1.93. The SMILES string of the molecule is C1CCNCC1.CC.CP. The maximum atomic E-state index is 3.28. The number of rotatable bonds is 0. The van der Waals surface area contributed by atoms with E-state index in [2.05, 4.69) is 14.6 Å². The molecule has 0 aromatic heterocycles. The van der Waals surface area contributed by atoms with Crippen LogP contribution in [0.2, 0.25) is 0 Å². The van der Waals surface area contributed by atoms with Crippen LogP contribution in [0.15, 0.2) is 0 Å². The van der Waals surface area contributed by atoms with Gasteiger partial charge >= 0.3 is 0 Å². The molecule has 0 saturated carbocycles. The molecule has 1 rings (SSSR count). The molecular formula is C8H22NP. The van der Waals surface area contributed by atoms with Crippen molar-refractivity contribution in [2.75, 3.05) is 19.8 Å². The van der Waals surface area contributed by atoms with Gasteiger partial charge in [-0.1, -0.05) is 26.9 Å². The molecule has 0 aromatic carbocycles. The first-order chi connectivity index (χ1) is 5.00. The summed E-state index contributed by atoms with van der Waals surface area (Å²) in [4.78, 5) is 0. The first-order valence-corrected chi connectivity index (χ1v) is 5.44. The van der Waals surface area contributed by atoms with Crippen LogP contribution in [0.25, 0.3) is 0 Å². The van der Waals surface area contributed by atoms with Crippen molar-refractivity contribution in [1.82, 2.24) is 5.32 Å². The molecule has 0 aromatic rings. The highest BCUT2D eigenvalue weighted by molar-refractivity contribution is 7.15. The van der Waals surface area contributed by atoms with E-state index >= 15 is 0 Å². The summed E-state index contributed by atoms with van der Waals surface area (Å²) in [5.41, 5.74) is 0. The van der Waals surface area contributed by atoms with E-state index in [1.165, 1.54) is 32.4 Å². The van der Waals surface area contributed by atoms with Crippen molar-refractivity contribution in [1.29, 1.82) is 0 Å². The van der Waals surface area contributed by atoms with Crippen molar-refractivity contribution in [3.05, 3.63) is 0 Å². The van der Waals surface area contributed by atoms with Gasteiger partial charge in [0.05, 0.1) is 0 Å². The fourth-order valence-electron chi connectivity index (χ4n) is 0.802. The van der Waals surface area contributed by atoms with Gasteiger partial charge in [0.2, 0.25) is 0 Å². The number of hydrogen-bond acceptors (Lipinski definition) is 1. The number of hydrogen-bond donors (Lipinski definition) is 1. The zero-order valence-corrected chi connectivity index (χ0v) is 8.77. The molecule has 10 heavy (non-hydrogen) atoms. The Labute approximate surface area is 68.2 Å². The van der Waals surface area contributed by atoms with Gasteiger partial charge in [0.1, 0.15) is 0 Å². The molecule has 1 nitrogen and oxygen atoms in total. The van der Waals surface area contributed by atoms with Crippen LogP contribution < -0.4 is 5.32 Å². The van der Waals surface area contributed by atoms with Gasteiger partial charge in [-0.05, 0) is 25.9 Å². The third-order valence-corrected chi connectivity index (χ3v) is 1.21. The van der Waals surface area contributed by atoms with E-state index in [9.17, 15) is 0 Å². The Morgan fingerprint density at radius 2 is 1.30 bits per heavy atom. The second kappa shape index (κ2) is 16.2. The third kappa shape index (κ3) is 11.2. The summed E-state index contributed by atoms with van der Waals surface area (Å²) in [6.45, 7) is 8.42. The molecule has 1 atom stereocenters. The fraction of sp³-hybridized carbons (Fsp3) is 1.00. The third-order valence-electron chi connectivity index (χ3n) is 1.21. The average Bonchev–Trinajstić information content (AvgIpc) is 2.14. The minimum atomic E-state index is 1.25. The lowest BCUT2D eigenvalue weighted by Crippen LogP contribution is -2.21. The van der Waals surface area contributed by atoms with Gasteiger partial charge in [-0.3, -0.25) is 0 Å². The smallest absolute Gasteiger partial charge is 0.00489 e. The van der Waals surface area contributed by atoms with E-state index < -0.39 is 0 Å². The molecule has 1 unspecified atom stereocenters. The molecule has 1 N–H and O–H groups in total. The molecule has 1 fully saturated rings. The summed E-state index contributed by atoms with van der Waals surface area (Å²) in [5, 5.41) is 3.28. The van der Waals surface area contributed by atoms with Crippen molar-refractivity contribution >= 4 is 9.24 Å². The van der Waals surface area contributed by atoms with Gasteiger partial charge in [0, 0.05) is 0 Å². The Balaban J connectivity index is 0. The van der Waals surface area contributed by atoms with Crippen molar-refractivity contribution in [3.63, 3.8) is 0 Å². The Bertz CT molecular complexity index is 24.7. The highest BCUT2D eigenvalue weighted by Crippen LogP contribution is 1.96. The first-order valence-electron chi connectivity index (χ1n) is 4.28. The lowest BCUT2D eigenvalue weighted by atomic mass is 10.2. The van der Waals surface area contributed by atoms with Crippen LogP contribution in [-0.2, 0) is 0 Å². The van der Waals surface area contributed by atoms with Crippen molar-refractivity contribution in [2.24, 2.45) is 0 Å². The van der Waals surface area contributed by atoms with Crippen molar-refractivity contribution < 1.29 is 0 Å². The van der Waals surface area contributed by atoms with Crippen LogP contribution in [0, 0.1) is 0 Å². The zero-order chi connectivity index (χ0) is 8.24. The van der Waals surface area contributed by atoms with Gasteiger partial charge < -0.3 is 5.32 Å². The minimum absolute atomic E-state index is 1.25. The van der Waals surface area contributed by atoms with Gasteiger partial charge in [-0.15, -0.1) is 9.24 Å². The van der Waals surface area contributed by atoms with Crippen molar-refractivity contribution in [2.45, 2.75) is 33.1 Å². The molecular weight excluding hydrogens is 141 g/mol. The summed E-state index contributed by atoms with van der Waals surface area (Å²) in [7, 11) is 2.42. The molecule has 1 saturated heterocycles. The molecule has 0 amide bonds. The van der Waals surface area contributed by atoms with Gasteiger partial charge in [-0.25, -0.2) is 0 Å². The normalized spacial score (nSPS) is 15.6. The van der Waals surface area contributed by atoms with E-state index in [4.69, 9.17) is 0 Å². The fourth-order valence-corrected chi connectivity index (χ4v) is 0.802.